The van der Waals surface area contributed by atoms with Crippen molar-refractivity contribution in [2.45, 2.75) is 24.3 Å². The highest BCUT2D eigenvalue weighted by atomic mass is 16.7. The number of rotatable bonds is 3. The average molecular weight is 276 g/mol. The predicted molar refractivity (Wildman–Crippen MR) is 74.4 cm³/mol. The third kappa shape index (κ3) is 1.93. The van der Waals surface area contributed by atoms with Crippen molar-refractivity contribution in [2.24, 2.45) is 0 Å². The molecule has 2 aliphatic heterocycles. The van der Waals surface area contributed by atoms with Gasteiger partial charge in [-0.1, -0.05) is 18.2 Å². The topological polar surface area (TPSA) is 50.8 Å². The minimum Gasteiger partial charge on any atom is -0.350 e. The molecule has 2 heterocycles. The van der Waals surface area contributed by atoms with E-state index < -0.39 is 5.79 Å². The van der Waals surface area contributed by atoms with Gasteiger partial charge in [0.2, 0.25) is 5.79 Å². The molecule has 108 valence electrons. The Balaban J connectivity index is 1.89. The van der Waals surface area contributed by atoms with Crippen LogP contribution in [0, 0.1) is 0 Å². The quantitative estimate of drug-likeness (QED) is 0.832. The third-order valence-corrected chi connectivity index (χ3v) is 4.43. The number of amides is 1. The molecule has 5 nitrogen and oxygen atoms in total. The summed E-state index contributed by atoms with van der Waals surface area (Å²) in [6, 6.07) is 9.53. The standard InChI is InChI=1S/C15H20N2O3/c1-19-15(20-2)10-17(12-8-9-16-13(12)15)14(18)11-6-4-3-5-7-11/h3-7,12-13,16H,8-10H2,1-2H3/t12-,13+/m1/s1. The van der Waals surface area contributed by atoms with Crippen LogP contribution in [0.3, 0.4) is 0 Å². The van der Waals surface area contributed by atoms with Crippen LogP contribution in [0.25, 0.3) is 0 Å². The van der Waals surface area contributed by atoms with Gasteiger partial charge in [-0.2, -0.15) is 0 Å². The summed E-state index contributed by atoms with van der Waals surface area (Å²) in [4.78, 5) is 14.6. The van der Waals surface area contributed by atoms with Crippen LogP contribution in [0.5, 0.6) is 0 Å². The molecule has 2 atom stereocenters. The molecule has 0 unspecified atom stereocenters. The number of carbonyl (C=O) groups is 1. The largest absolute Gasteiger partial charge is 0.350 e. The van der Waals surface area contributed by atoms with Crippen molar-refractivity contribution < 1.29 is 14.3 Å². The summed E-state index contributed by atoms with van der Waals surface area (Å²) in [6.45, 7) is 1.33. The summed E-state index contributed by atoms with van der Waals surface area (Å²) in [7, 11) is 3.27. The van der Waals surface area contributed by atoms with E-state index in [-0.39, 0.29) is 18.0 Å². The normalized spacial score (nSPS) is 27.6. The number of carbonyl (C=O) groups excluding carboxylic acids is 1. The summed E-state index contributed by atoms with van der Waals surface area (Å²) in [6.07, 6.45) is 0.928. The van der Waals surface area contributed by atoms with Crippen LogP contribution >= 0.6 is 0 Å². The van der Waals surface area contributed by atoms with Crippen molar-refractivity contribution in [3.8, 4) is 0 Å². The fraction of sp³-hybridized carbons (Fsp3) is 0.533. The number of nitrogens with zero attached hydrogens (tertiary/aromatic N) is 1. The van der Waals surface area contributed by atoms with Gasteiger partial charge in [-0.25, -0.2) is 0 Å². The molecule has 1 N–H and O–H groups in total. The Morgan fingerprint density at radius 3 is 2.65 bits per heavy atom. The van der Waals surface area contributed by atoms with E-state index in [4.69, 9.17) is 9.47 Å². The Hall–Kier alpha value is -1.43. The average Bonchev–Trinajstić information content (AvgIpc) is 3.09. The van der Waals surface area contributed by atoms with Gasteiger partial charge in [-0.3, -0.25) is 4.79 Å². The maximum absolute atomic E-state index is 12.7. The zero-order chi connectivity index (χ0) is 14.2. The first-order valence-corrected chi connectivity index (χ1v) is 6.91. The number of likely N-dealkylation sites (tertiary alicyclic amines) is 1. The first-order chi connectivity index (χ1) is 9.72. The van der Waals surface area contributed by atoms with Gasteiger partial charge < -0.3 is 19.7 Å². The molecule has 5 heteroatoms. The van der Waals surface area contributed by atoms with Crippen molar-refractivity contribution >= 4 is 5.91 Å². The molecular weight excluding hydrogens is 256 g/mol. The van der Waals surface area contributed by atoms with Crippen molar-refractivity contribution in [1.29, 1.82) is 0 Å². The summed E-state index contributed by atoms with van der Waals surface area (Å²) in [5.41, 5.74) is 0.709. The van der Waals surface area contributed by atoms with Gasteiger partial charge in [-0.05, 0) is 25.1 Å². The number of fused-ring (bicyclic) bond motifs is 1. The van der Waals surface area contributed by atoms with Crippen LogP contribution in [0.15, 0.2) is 30.3 Å². The van der Waals surface area contributed by atoms with Crippen LogP contribution in [0.2, 0.25) is 0 Å². The summed E-state index contributed by atoms with van der Waals surface area (Å²) < 4.78 is 11.2. The number of methoxy groups -OCH3 is 2. The lowest BCUT2D eigenvalue weighted by Gasteiger charge is -2.30. The third-order valence-electron chi connectivity index (χ3n) is 4.43. The summed E-state index contributed by atoms with van der Waals surface area (Å²) in [5, 5.41) is 3.40. The second kappa shape index (κ2) is 5.16. The highest BCUT2D eigenvalue weighted by molar-refractivity contribution is 5.94. The van der Waals surface area contributed by atoms with Crippen LogP contribution in [-0.2, 0) is 9.47 Å². The van der Waals surface area contributed by atoms with E-state index in [1.807, 2.05) is 35.2 Å². The molecule has 2 saturated heterocycles. The molecule has 20 heavy (non-hydrogen) atoms. The fourth-order valence-corrected chi connectivity index (χ4v) is 3.36. The van der Waals surface area contributed by atoms with Crippen LogP contribution < -0.4 is 5.32 Å². The minimum absolute atomic E-state index is 0.0326. The summed E-state index contributed by atoms with van der Waals surface area (Å²) in [5.74, 6) is -0.703. The SMILES string of the molecule is COC1(OC)CN(C(=O)c2ccccc2)[C@@H]2CCN[C@@H]21. The van der Waals surface area contributed by atoms with Crippen LogP contribution in [-0.4, -0.2) is 56.0 Å². The summed E-state index contributed by atoms with van der Waals surface area (Å²) >= 11 is 0. The number of ether oxygens (including phenoxy) is 2. The molecule has 0 aromatic heterocycles. The lowest BCUT2D eigenvalue weighted by Crippen LogP contribution is -2.51. The van der Waals surface area contributed by atoms with Gasteiger partial charge in [0.1, 0.15) is 0 Å². The van der Waals surface area contributed by atoms with E-state index in [2.05, 4.69) is 5.32 Å². The van der Waals surface area contributed by atoms with E-state index in [9.17, 15) is 4.79 Å². The molecule has 2 fully saturated rings. The Morgan fingerprint density at radius 2 is 2.00 bits per heavy atom. The predicted octanol–water partition coefficient (Wildman–Crippen LogP) is 0.862. The van der Waals surface area contributed by atoms with Gasteiger partial charge >= 0.3 is 0 Å². The highest BCUT2D eigenvalue weighted by Gasteiger charge is 2.57. The number of hydrogen-bond acceptors (Lipinski definition) is 4. The Kier molecular flexibility index (Phi) is 3.50. The first kappa shape index (κ1) is 13.5. The fourth-order valence-electron chi connectivity index (χ4n) is 3.36. The molecule has 2 aliphatic rings. The lowest BCUT2D eigenvalue weighted by atomic mass is 10.1. The van der Waals surface area contributed by atoms with Crippen molar-refractivity contribution in [2.75, 3.05) is 27.3 Å². The Labute approximate surface area is 118 Å². The maximum Gasteiger partial charge on any atom is 0.254 e. The number of nitrogens with one attached hydrogen (secondary N) is 1. The second-order valence-corrected chi connectivity index (χ2v) is 5.31. The van der Waals surface area contributed by atoms with Gasteiger partial charge in [0, 0.05) is 19.8 Å². The first-order valence-electron chi connectivity index (χ1n) is 6.91. The van der Waals surface area contributed by atoms with Crippen LogP contribution in [0.1, 0.15) is 16.8 Å². The molecule has 1 amide bonds. The molecule has 0 bridgehead atoms. The smallest absolute Gasteiger partial charge is 0.254 e. The molecule has 0 saturated carbocycles. The Bertz CT molecular complexity index is 487. The van der Waals surface area contributed by atoms with Gasteiger partial charge in [0.15, 0.2) is 0 Å². The van der Waals surface area contributed by atoms with Gasteiger partial charge in [-0.15, -0.1) is 0 Å². The molecule has 0 aliphatic carbocycles. The molecule has 0 spiro atoms. The van der Waals surface area contributed by atoms with Gasteiger partial charge in [0.05, 0.1) is 18.6 Å². The number of benzene rings is 1. The monoisotopic (exact) mass is 276 g/mol. The van der Waals surface area contributed by atoms with Crippen molar-refractivity contribution in [3.05, 3.63) is 35.9 Å². The molecule has 1 aromatic rings. The van der Waals surface area contributed by atoms with Crippen molar-refractivity contribution in [3.63, 3.8) is 0 Å². The van der Waals surface area contributed by atoms with E-state index in [0.717, 1.165) is 13.0 Å². The Morgan fingerprint density at radius 1 is 1.30 bits per heavy atom. The lowest BCUT2D eigenvalue weighted by molar-refractivity contribution is -0.206. The van der Waals surface area contributed by atoms with E-state index in [1.54, 1.807) is 14.2 Å². The maximum atomic E-state index is 12.7. The molecule has 0 radical (unpaired) electrons. The zero-order valence-corrected chi connectivity index (χ0v) is 11.8. The molecule has 3 rings (SSSR count). The van der Waals surface area contributed by atoms with Gasteiger partial charge in [0.25, 0.3) is 5.91 Å². The highest BCUT2D eigenvalue weighted by Crippen LogP contribution is 2.36. The zero-order valence-electron chi connectivity index (χ0n) is 11.8. The molecular formula is C15H20N2O3. The minimum atomic E-state index is -0.744. The van der Waals surface area contributed by atoms with Crippen molar-refractivity contribution in [1.82, 2.24) is 10.2 Å². The van der Waals surface area contributed by atoms with Crippen LogP contribution in [0.4, 0.5) is 0 Å². The second-order valence-electron chi connectivity index (χ2n) is 5.31. The van der Waals surface area contributed by atoms with E-state index >= 15 is 0 Å². The van der Waals surface area contributed by atoms with E-state index in [1.165, 1.54) is 0 Å². The number of hydrogen-bond donors (Lipinski definition) is 1. The molecule has 1 aromatic carbocycles. The van der Waals surface area contributed by atoms with E-state index in [0.29, 0.717) is 12.1 Å².